The maximum Gasteiger partial charge on any atom is 0.0649 e. The molecule has 0 saturated heterocycles. The van der Waals surface area contributed by atoms with Crippen molar-refractivity contribution in [1.82, 2.24) is 9.78 Å². The standard InChI is InChI=1S/C14H17N3/c1-10(15)11-4-6-13(7-5-11)17-14(8-9-16-17)12-2-3-12/h4-10,12H,2-3,15H2,1H3. The Morgan fingerprint density at radius 2 is 1.94 bits per heavy atom. The van der Waals surface area contributed by atoms with Crippen LogP contribution in [0.25, 0.3) is 5.69 Å². The van der Waals surface area contributed by atoms with Gasteiger partial charge in [-0.25, -0.2) is 4.68 Å². The molecule has 1 saturated carbocycles. The van der Waals surface area contributed by atoms with E-state index in [1.165, 1.54) is 18.5 Å². The molecule has 0 spiro atoms. The van der Waals surface area contributed by atoms with Gasteiger partial charge in [-0.3, -0.25) is 0 Å². The van der Waals surface area contributed by atoms with Crippen molar-refractivity contribution in [3.8, 4) is 5.69 Å². The second-order valence-electron chi connectivity index (χ2n) is 4.82. The minimum Gasteiger partial charge on any atom is -0.324 e. The molecule has 1 aromatic carbocycles. The Bertz CT molecular complexity index is 507. The van der Waals surface area contributed by atoms with Crippen LogP contribution < -0.4 is 5.73 Å². The first-order valence-electron chi connectivity index (χ1n) is 6.15. The molecule has 0 aliphatic heterocycles. The van der Waals surface area contributed by atoms with Gasteiger partial charge in [0, 0.05) is 23.9 Å². The van der Waals surface area contributed by atoms with Crippen LogP contribution >= 0.6 is 0 Å². The van der Waals surface area contributed by atoms with E-state index in [1.54, 1.807) is 0 Å². The van der Waals surface area contributed by atoms with Crippen LogP contribution in [0.5, 0.6) is 0 Å². The Balaban J connectivity index is 1.95. The van der Waals surface area contributed by atoms with Crippen molar-refractivity contribution in [2.24, 2.45) is 5.73 Å². The summed E-state index contributed by atoms with van der Waals surface area (Å²) in [6, 6.07) is 10.6. The fourth-order valence-corrected chi connectivity index (χ4v) is 2.14. The van der Waals surface area contributed by atoms with Crippen molar-refractivity contribution >= 4 is 0 Å². The van der Waals surface area contributed by atoms with E-state index in [0.717, 1.165) is 11.3 Å². The third kappa shape index (κ3) is 1.98. The molecule has 2 aromatic rings. The van der Waals surface area contributed by atoms with Crippen molar-refractivity contribution in [3.63, 3.8) is 0 Å². The first-order chi connectivity index (χ1) is 8.25. The molecule has 0 amide bonds. The van der Waals surface area contributed by atoms with Gasteiger partial charge in [0.25, 0.3) is 0 Å². The molecule has 1 unspecified atom stereocenters. The molecular formula is C14H17N3. The van der Waals surface area contributed by atoms with Crippen molar-refractivity contribution in [1.29, 1.82) is 0 Å². The van der Waals surface area contributed by atoms with Gasteiger partial charge in [0.05, 0.1) is 5.69 Å². The summed E-state index contributed by atoms with van der Waals surface area (Å²) >= 11 is 0. The summed E-state index contributed by atoms with van der Waals surface area (Å²) < 4.78 is 2.04. The van der Waals surface area contributed by atoms with Gasteiger partial charge in [-0.2, -0.15) is 5.10 Å². The Morgan fingerprint density at radius 3 is 2.53 bits per heavy atom. The van der Waals surface area contributed by atoms with E-state index in [2.05, 4.69) is 35.4 Å². The van der Waals surface area contributed by atoms with Crippen molar-refractivity contribution in [2.45, 2.75) is 31.7 Å². The summed E-state index contributed by atoms with van der Waals surface area (Å²) in [6.07, 6.45) is 4.47. The van der Waals surface area contributed by atoms with E-state index in [-0.39, 0.29) is 6.04 Å². The zero-order valence-electron chi connectivity index (χ0n) is 10.0. The summed E-state index contributed by atoms with van der Waals surface area (Å²) in [6.45, 7) is 2.00. The topological polar surface area (TPSA) is 43.8 Å². The molecule has 1 atom stereocenters. The Kier molecular flexibility index (Phi) is 2.48. The van der Waals surface area contributed by atoms with E-state index < -0.39 is 0 Å². The maximum absolute atomic E-state index is 5.85. The lowest BCUT2D eigenvalue weighted by Gasteiger charge is -2.09. The second-order valence-corrected chi connectivity index (χ2v) is 4.82. The third-order valence-electron chi connectivity index (χ3n) is 3.33. The van der Waals surface area contributed by atoms with Crippen LogP contribution in [-0.4, -0.2) is 9.78 Å². The lowest BCUT2D eigenvalue weighted by Crippen LogP contribution is -2.06. The number of aromatic nitrogens is 2. The summed E-state index contributed by atoms with van der Waals surface area (Å²) in [5.41, 5.74) is 9.47. The van der Waals surface area contributed by atoms with Crippen LogP contribution in [0.4, 0.5) is 0 Å². The second kappa shape index (κ2) is 4.00. The minimum absolute atomic E-state index is 0.0876. The van der Waals surface area contributed by atoms with Crippen LogP contribution in [0.15, 0.2) is 36.5 Å². The number of nitrogens with zero attached hydrogens (tertiary/aromatic N) is 2. The molecule has 1 heterocycles. The molecule has 1 aromatic heterocycles. The fraction of sp³-hybridized carbons (Fsp3) is 0.357. The summed E-state index contributed by atoms with van der Waals surface area (Å²) in [5.74, 6) is 0.714. The SMILES string of the molecule is CC(N)c1ccc(-n2nccc2C2CC2)cc1. The monoisotopic (exact) mass is 227 g/mol. The maximum atomic E-state index is 5.85. The van der Waals surface area contributed by atoms with E-state index in [9.17, 15) is 0 Å². The highest BCUT2D eigenvalue weighted by Crippen LogP contribution is 2.40. The van der Waals surface area contributed by atoms with Gasteiger partial charge in [0.1, 0.15) is 0 Å². The highest BCUT2D eigenvalue weighted by Gasteiger charge is 2.27. The predicted molar refractivity (Wildman–Crippen MR) is 68.1 cm³/mol. The normalized spacial score (nSPS) is 17.1. The van der Waals surface area contributed by atoms with Crippen LogP contribution in [0.2, 0.25) is 0 Å². The molecule has 17 heavy (non-hydrogen) atoms. The molecular weight excluding hydrogens is 210 g/mol. The van der Waals surface area contributed by atoms with Gasteiger partial charge >= 0.3 is 0 Å². The highest BCUT2D eigenvalue weighted by molar-refractivity contribution is 5.37. The highest BCUT2D eigenvalue weighted by atomic mass is 15.3. The van der Waals surface area contributed by atoms with Gasteiger partial charge < -0.3 is 5.73 Å². The van der Waals surface area contributed by atoms with Gasteiger partial charge in [0.2, 0.25) is 0 Å². The molecule has 88 valence electrons. The third-order valence-corrected chi connectivity index (χ3v) is 3.33. The molecule has 3 heteroatoms. The smallest absolute Gasteiger partial charge is 0.0649 e. The molecule has 3 rings (SSSR count). The number of hydrogen-bond acceptors (Lipinski definition) is 2. The van der Waals surface area contributed by atoms with Gasteiger partial charge in [-0.1, -0.05) is 12.1 Å². The molecule has 2 N–H and O–H groups in total. The van der Waals surface area contributed by atoms with E-state index in [4.69, 9.17) is 5.73 Å². The molecule has 1 aliphatic carbocycles. The minimum atomic E-state index is 0.0876. The number of nitrogens with two attached hydrogens (primary N) is 1. The summed E-state index contributed by atoms with van der Waals surface area (Å²) in [5, 5.41) is 4.41. The van der Waals surface area contributed by atoms with E-state index >= 15 is 0 Å². The summed E-state index contributed by atoms with van der Waals surface area (Å²) in [7, 11) is 0. The molecule has 1 fully saturated rings. The zero-order chi connectivity index (χ0) is 11.8. The molecule has 1 aliphatic rings. The Labute approximate surface area is 101 Å². The molecule has 0 bridgehead atoms. The first kappa shape index (κ1) is 10.5. The largest absolute Gasteiger partial charge is 0.324 e. The van der Waals surface area contributed by atoms with Crippen LogP contribution in [0, 0.1) is 0 Å². The number of benzene rings is 1. The Morgan fingerprint density at radius 1 is 1.24 bits per heavy atom. The average molecular weight is 227 g/mol. The lowest BCUT2D eigenvalue weighted by molar-refractivity contribution is 0.797. The quantitative estimate of drug-likeness (QED) is 0.876. The summed E-state index contributed by atoms with van der Waals surface area (Å²) in [4.78, 5) is 0. The average Bonchev–Trinajstić information content (AvgIpc) is 3.07. The fourth-order valence-electron chi connectivity index (χ4n) is 2.14. The van der Waals surface area contributed by atoms with E-state index in [1.807, 2.05) is 17.8 Å². The van der Waals surface area contributed by atoms with Gasteiger partial charge in [0.15, 0.2) is 0 Å². The van der Waals surface area contributed by atoms with Gasteiger partial charge in [-0.15, -0.1) is 0 Å². The van der Waals surface area contributed by atoms with Crippen LogP contribution in [-0.2, 0) is 0 Å². The molecule has 3 nitrogen and oxygen atoms in total. The van der Waals surface area contributed by atoms with Crippen molar-refractivity contribution in [3.05, 3.63) is 47.8 Å². The molecule has 0 radical (unpaired) electrons. The van der Waals surface area contributed by atoms with Gasteiger partial charge in [-0.05, 0) is 43.5 Å². The zero-order valence-corrected chi connectivity index (χ0v) is 10.0. The van der Waals surface area contributed by atoms with Crippen molar-refractivity contribution in [2.75, 3.05) is 0 Å². The lowest BCUT2D eigenvalue weighted by atomic mass is 10.1. The predicted octanol–water partition coefficient (Wildman–Crippen LogP) is 2.77. The number of hydrogen-bond donors (Lipinski definition) is 1. The van der Waals surface area contributed by atoms with Crippen LogP contribution in [0.1, 0.15) is 43.0 Å². The number of rotatable bonds is 3. The van der Waals surface area contributed by atoms with E-state index in [0.29, 0.717) is 5.92 Å². The Hall–Kier alpha value is -1.61. The van der Waals surface area contributed by atoms with Crippen LogP contribution in [0.3, 0.4) is 0 Å². The van der Waals surface area contributed by atoms with Crippen molar-refractivity contribution < 1.29 is 0 Å². The first-order valence-corrected chi connectivity index (χ1v) is 6.15.